The monoisotopic (exact) mass is 301 g/mol. The zero-order valence-electron chi connectivity index (χ0n) is 13.8. The van der Waals surface area contributed by atoms with Crippen LogP contribution < -0.4 is 0 Å². The molecule has 1 aliphatic rings. The SMILES string of the molecule is CCOC(=O)/C=C(\C)CC1CCN(Cc2ccccc2)CC1. The Morgan fingerprint density at radius 1 is 1.27 bits per heavy atom. The second-order valence-corrected chi connectivity index (χ2v) is 6.15. The molecule has 0 atom stereocenters. The van der Waals surface area contributed by atoms with E-state index in [2.05, 4.69) is 35.2 Å². The van der Waals surface area contributed by atoms with E-state index in [4.69, 9.17) is 4.74 Å². The maximum atomic E-state index is 11.4. The van der Waals surface area contributed by atoms with E-state index in [1.807, 2.05) is 13.8 Å². The molecule has 0 radical (unpaired) electrons. The molecule has 2 rings (SSSR count). The molecule has 0 aliphatic carbocycles. The van der Waals surface area contributed by atoms with Crippen molar-refractivity contribution in [3.05, 3.63) is 47.5 Å². The fourth-order valence-electron chi connectivity index (χ4n) is 3.09. The molecule has 0 N–H and O–H groups in total. The highest BCUT2D eigenvalue weighted by molar-refractivity contribution is 5.82. The first-order valence-corrected chi connectivity index (χ1v) is 8.27. The zero-order valence-corrected chi connectivity index (χ0v) is 13.8. The maximum Gasteiger partial charge on any atom is 0.330 e. The third-order valence-corrected chi connectivity index (χ3v) is 4.22. The van der Waals surface area contributed by atoms with Gasteiger partial charge in [0.15, 0.2) is 0 Å². The van der Waals surface area contributed by atoms with Gasteiger partial charge >= 0.3 is 5.97 Å². The Labute approximate surface area is 134 Å². The van der Waals surface area contributed by atoms with Gasteiger partial charge in [-0.15, -0.1) is 0 Å². The molecular weight excluding hydrogens is 274 g/mol. The highest BCUT2D eigenvalue weighted by atomic mass is 16.5. The maximum absolute atomic E-state index is 11.4. The summed E-state index contributed by atoms with van der Waals surface area (Å²) in [6.07, 6.45) is 5.08. The summed E-state index contributed by atoms with van der Waals surface area (Å²) in [5.74, 6) is 0.485. The second kappa shape index (κ2) is 8.74. The van der Waals surface area contributed by atoms with Crippen LogP contribution in [0.15, 0.2) is 42.0 Å². The average Bonchev–Trinajstić information content (AvgIpc) is 2.50. The first-order chi connectivity index (χ1) is 10.7. The van der Waals surface area contributed by atoms with Crippen LogP contribution >= 0.6 is 0 Å². The number of hydrogen-bond donors (Lipinski definition) is 0. The van der Waals surface area contributed by atoms with Crippen molar-refractivity contribution in [2.75, 3.05) is 19.7 Å². The molecule has 0 spiro atoms. The van der Waals surface area contributed by atoms with E-state index in [0.29, 0.717) is 12.5 Å². The van der Waals surface area contributed by atoms with Crippen molar-refractivity contribution in [2.24, 2.45) is 5.92 Å². The van der Waals surface area contributed by atoms with Crippen LogP contribution in [0.1, 0.15) is 38.7 Å². The lowest BCUT2D eigenvalue weighted by Gasteiger charge is -2.32. The molecule has 22 heavy (non-hydrogen) atoms. The van der Waals surface area contributed by atoms with Gasteiger partial charge < -0.3 is 4.74 Å². The van der Waals surface area contributed by atoms with Crippen molar-refractivity contribution >= 4 is 5.97 Å². The number of ether oxygens (including phenoxy) is 1. The van der Waals surface area contributed by atoms with Crippen LogP contribution in [-0.2, 0) is 16.1 Å². The predicted octanol–water partition coefficient (Wildman–Crippen LogP) is 3.80. The topological polar surface area (TPSA) is 29.5 Å². The van der Waals surface area contributed by atoms with E-state index in [-0.39, 0.29) is 5.97 Å². The molecule has 3 nitrogen and oxygen atoms in total. The van der Waals surface area contributed by atoms with E-state index in [0.717, 1.165) is 31.6 Å². The fourth-order valence-corrected chi connectivity index (χ4v) is 3.09. The third-order valence-electron chi connectivity index (χ3n) is 4.22. The number of benzene rings is 1. The number of likely N-dealkylation sites (tertiary alicyclic amines) is 1. The van der Waals surface area contributed by atoms with Crippen LogP contribution in [0.4, 0.5) is 0 Å². The summed E-state index contributed by atoms with van der Waals surface area (Å²) >= 11 is 0. The molecule has 0 saturated carbocycles. The molecule has 1 aromatic rings. The lowest BCUT2D eigenvalue weighted by molar-refractivity contribution is -0.137. The molecule has 0 bridgehead atoms. The first-order valence-electron chi connectivity index (χ1n) is 8.27. The molecule has 1 fully saturated rings. The van der Waals surface area contributed by atoms with E-state index >= 15 is 0 Å². The van der Waals surface area contributed by atoms with Gasteiger partial charge in [-0.25, -0.2) is 4.79 Å². The molecule has 1 aliphatic heterocycles. The van der Waals surface area contributed by atoms with E-state index in [1.165, 1.54) is 18.4 Å². The van der Waals surface area contributed by atoms with Gasteiger partial charge in [0.1, 0.15) is 0 Å². The van der Waals surface area contributed by atoms with Crippen molar-refractivity contribution in [3.8, 4) is 0 Å². The summed E-state index contributed by atoms with van der Waals surface area (Å²) in [7, 11) is 0. The Balaban J connectivity index is 1.74. The van der Waals surface area contributed by atoms with Gasteiger partial charge in [0.05, 0.1) is 6.61 Å². The third kappa shape index (κ3) is 5.64. The largest absolute Gasteiger partial charge is 0.463 e. The van der Waals surface area contributed by atoms with Gasteiger partial charge in [0, 0.05) is 12.6 Å². The van der Waals surface area contributed by atoms with Gasteiger partial charge in [-0.3, -0.25) is 4.90 Å². The van der Waals surface area contributed by atoms with Crippen LogP contribution in [0.2, 0.25) is 0 Å². The number of allylic oxidation sites excluding steroid dienone is 1. The van der Waals surface area contributed by atoms with Crippen molar-refractivity contribution in [1.29, 1.82) is 0 Å². The molecule has 0 amide bonds. The van der Waals surface area contributed by atoms with Crippen molar-refractivity contribution in [1.82, 2.24) is 4.90 Å². The molecule has 1 heterocycles. The Kier molecular flexibility index (Phi) is 6.66. The minimum atomic E-state index is -0.207. The highest BCUT2D eigenvalue weighted by Crippen LogP contribution is 2.24. The molecule has 0 unspecified atom stereocenters. The summed E-state index contributed by atoms with van der Waals surface area (Å²) in [6, 6.07) is 10.7. The normalized spacial score (nSPS) is 17.5. The summed E-state index contributed by atoms with van der Waals surface area (Å²) in [5.41, 5.74) is 2.53. The molecular formula is C19H27NO2. The number of esters is 1. The van der Waals surface area contributed by atoms with Gasteiger partial charge in [0.2, 0.25) is 0 Å². The van der Waals surface area contributed by atoms with Crippen LogP contribution in [0.5, 0.6) is 0 Å². The quantitative estimate of drug-likeness (QED) is 0.591. The first kappa shape index (κ1) is 16.8. The number of carbonyl (C=O) groups is 1. The van der Waals surface area contributed by atoms with Crippen LogP contribution in [-0.4, -0.2) is 30.6 Å². The standard InChI is InChI=1S/C19H27NO2/c1-3-22-19(21)14-16(2)13-17-9-11-20(12-10-17)15-18-7-5-4-6-8-18/h4-8,14,17H,3,9-13,15H2,1-2H3/b16-14+. The van der Waals surface area contributed by atoms with E-state index in [1.54, 1.807) is 6.08 Å². The summed E-state index contributed by atoms with van der Waals surface area (Å²) < 4.78 is 4.96. The van der Waals surface area contributed by atoms with Crippen LogP contribution in [0.25, 0.3) is 0 Å². The van der Waals surface area contributed by atoms with E-state index in [9.17, 15) is 4.79 Å². The molecule has 1 saturated heterocycles. The fraction of sp³-hybridized carbons (Fsp3) is 0.526. The molecule has 120 valence electrons. The number of hydrogen-bond acceptors (Lipinski definition) is 3. The second-order valence-electron chi connectivity index (χ2n) is 6.15. The predicted molar refractivity (Wildman–Crippen MR) is 89.5 cm³/mol. The lowest BCUT2D eigenvalue weighted by atomic mass is 9.90. The minimum absolute atomic E-state index is 0.207. The Morgan fingerprint density at radius 2 is 1.95 bits per heavy atom. The smallest absolute Gasteiger partial charge is 0.330 e. The highest BCUT2D eigenvalue weighted by Gasteiger charge is 2.19. The van der Waals surface area contributed by atoms with Crippen molar-refractivity contribution in [2.45, 2.75) is 39.7 Å². The Morgan fingerprint density at radius 3 is 2.59 bits per heavy atom. The van der Waals surface area contributed by atoms with Gasteiger partial charge in [-0.2, -0.15) is 0 Å². The summed E-state index contributed by atoms with van der Waals surface area (Å²) in [5, 5.41) is 0. The number of nitrogens with zero attached hydrogens (tertiary/aromatic N) is 1. The number of carbonyl (C=O) groups excluding carboxylic acids is 1. The lowest BCUT2D eigenvalue weighted by Crippen LogP contribution is -2.33. The van der Waals surface area contributed by atoms with Crippen LogP contribution in [0.3, 0.4) is 0 Å². The Hall–Kier alpha value is -1.61. The van der Waals surface area contributed by atoms with Gasteiger partial charge in [-0.05, 0) is 57.7 Å². The van der Waals surface area contributed by atoms with E-state index < -0.39 is 0 Å². The Bertz CT molecular complexity index is 487. The molecule has 3 heteroatoms. The van der Waals surface area contributed by atoms with Crippen LogP contribution in [0, 0.1) is 5.92 Å². The summed E-state index contributed by atoms with van der Waals surface area (Å²) in [6.45, 7) is 7.65. The minimum Gasteiger partial charge on any atom is -0.463 e. The van der Waals surface area contributed by atoms with Crippen molar-refractivity contribution < 1.29 is 9.53 Å². The van der Waals surface area contributed by atoms with Gasteiger partial charge in [-0.1, -0.05) is 35.9 Å². The number of rotatable bonds is 6. The molecule has 1 aromatic carbocycles. The summed E-state index contributed by atoms with van der Waals surface area (Å²) in [4.78, 5) is 14.0. The average molecular weight is 301 g/mol. The van der Waals surface area contributed by atoms with Gasteiger partial charge in [0.25, 0.3) is 0 Å². The molecule has 0 aromatic heterocycles. The number of piperidine rings is 1. The van der Waals surface area contributed by atoms with Crippen molar-refractivity contribution in [3.63, 3.8) is 0 Å². The zero-order chi connectivity index (χ0) is 15.8.